The maximum atomic E-state index is 13.8. The fourth-order valence-electron chi connectivity index (χ4n) is 5.30. The average Bonchev–Trinajstić information content (AvgIpc) is 3.50. The second kappa shape index (κ2) is 7.31. The van der Waals surface area contributed by atoms with E-state index in [1.807, 2.05) is 60.2 Å². The Labute approximate surface area is 199 Å². The van der Waals surface area contributed by atoms with Gasteiger partial charge in [0.2, 0.25) is 0 Å². The zero-order valence-corrected chi connectivity index (χ0v) is 19.6. The summed E-state index contributed by atoms with van der Waals surface area (Å²) in [6.45, 7) is 2.72. The van der Waals surface area contributed by atoms with E-state index in [2.05, 4.69) is 32.0 Å². The first-order valence-corrected chi connectivity index (χ1v) is 11.7. The Morgan fingerprint density at radius 1 is 1.15 bits per heavy atom. The number of benzene rings is 2. The van der Waals surface area contributed by atoms with Crippen molar-refractivity contribution in [2.24, 2.45) is 0 Å². The quantitative estimate of drug-likeness (QED) is 0.416. The smallest absolute Gasteiger partial charge is 0.328 e. The Kier molecular flexibility index (Phi) is 4.48. The molecule has 4 heterocycles. The highest BCUT2D eigenvalue weighted by Crippen LogP contribution is 2.48. The monoisotopic (exact) mass is 503 g/mol. The summed E-state index contributed by atoms with van der Waals surface area (Å²) in [4.78, 5) is 38.3. The second-order valence-electron chi connectivity index (χ2n) is 8.88. The number of imide groups is 1. The highest BCUT2D eigenvalue weighted by atomic mass is 79.9. The number of hydrogen-bond donors (Lipinski definition) is 1. The minimum atomic E-state index is -0.961. The first kappa shape index (κ1) is 20.2. The van der Waals surface area contributed by atoms with Gasteiger partial charge in [0, 0.05) is 53.0 Å². The molecule has 1 N–H and O–H groups in total. The van der Waals surface area contributed by atoms with Crippen molar-refractivity contribution in [2.45, 2.75) is 31.5 Å². The van der Waals surface area contributed by atoms with E-state index >= 15 is 0 Å². The molecule has 2 aromatic heterocycles. The zero-order chi connectivity index (χ0) is 22.7. The van der Waals surface area contributed by atoms with Gasteiger partial charge in [0.15, 0.2) is 0 Å². The van der Waals surface area contributed by atoms with Gasteiger partial charge in [-0.15, -0.1) is 0 Å². The number of aromatic nitrogens is 3. The Hall–Kier alpha value is -3.39. The minimum Gasteiger partial charge on any atom is -0.356 e. The van der Waals surface area contributed by atoms with Crippen LogP contribution in [0.5, 0.6) is 0 Å². The minimum absolute atomic E-state index is 0.149. The van der Waals surface area contributed by atoms with E-state index in [-0.39, 0.29) is 18.0 Å². The van der Waals surface area contributed by atoms with Crippen LogP contribution in [0, 0.1) is 0 Å². The first-order chi connectivity index (χ1) is 16.0. The molecule has 6 rings (SSSR count). The van der Waals surface area contributed by atoms with Crippen LogP contribution in [0.4, 0.5) is 4.79 Å². The van der Waals surface area contributed by atoms with E-state index in [0.29, 0.717) is 19.5 Å². The lowest BCUT2D eigenvalue weighted by Gasteiger charge is -2.42. The molecule has 3 amide bonds. The van der Waals surface area contributed by atoms with Gasteiger partial charge < -0.3 is 9.55 Å². The number of imidazole rings is 1. The van der Waals surface area contributed by atoms with Crippen molar-refractivity contribution in [1.29, 1.82) is 0 Å². The molecule has 2 aromatic carbocycles. The molecule has 2 unspecified atom stereocenters. The molecular weight excluding hydrogens is 482 g/mol. The molecule has 0 radical (unpaired) electrons. The van der Waals surface area contributed by atoms with Crippen LogP contribution in [-0.4, -0.2) is 48.4 Å². The van der Waals surface area contributed by atoms with Crippen LogP contribution in [0.2, 0.25) is 0 Å². The summed E-state index contributed by atoms with van der Waals surface area (Å²) in [5, 5.41) is 1.08. The molecule has 33 heavy (non-hydrogen) atoms. The average molecular weight is 504 g/mol. The molecule has 1 fully saturated rings. The highest BCUT2D eigenvalue weighted by Gasteiger charge is 2.60. The number of aromatic amines is 1. The molecular formula is C25H22BrN5O2. The van der Waals surface area contributed by atoms with Gasteiger partial charge in [0.1, 0.15) is 11.6 Å². The van der Waals surface area contributed by atoms with Gasteiger partial charge in [-0.3, -0.25) is 14.6 Å². The van der Waals surface area contributed by atoms with Crippen molar-refractivity contribution in [3.05, 3.63) is 88.5 Å². The third kappa shape index (κ3) is 2.97. The molecule has 0 bridgehead atoms. The highest BCUT2D eigenvalue weighted by molar-refractivity contribution is 9.10. The van der Waals surface area contributed by atoms with Crippen molar-refractivity contribution >= 4 is 38.8 Å². The molecule has 0 saturated carbocycles. The lowest BCUT2D eigenvalue weighted by molar-refractivity contribution is -0.133. The number of rotatable bonds is 4. The van der Waals surface area contributed by atoms with Gasteiger partial charge in [-0.05, 0) is 36.2 Å². The summed E-state index contributed by atoms with van der Waals surface area (Å²) in [6.07, 6.45) is 5.69. The van der Waals surface area contributed by atoms with Gasteiger partial charge in [0.25, 0.3) is 5.91 Å². The Morgan fingerprint density at radius 2 is 1.97 bits per heavy atom. The number of halogens is 1. The van der Waals surface area contributed by atoms with Gasteiger partial charge in [-0.1, -0.05) is 46.3 Å². The van der Waals surface area contributed by atoms with Crippen LogP contribution in [0.1, 0.15) is 29.8 Å². The van der Waals surface area contributed by atoms with Gasteiger partial charge in [-0.2, -0.15) is 0 Å². The van der Waals surface area contributed by atoms with Gasteiger partial charge >= 0.3 is 6.03 Å². The fourth-order valence-corrected chi connectivity index (χ4v) is 5.66. The van der Waals surface area contributed by atoms with E-state index in [1.165, 1.54) is 4.90 Å². The van der Waals surface area contributed by atoms with Crippen LogP contribution in [0.3, 0.4) is 0 Å². The summed E-state index contributed by atoms with van der Waals surface area (Å²) < 4.78 is 2.86. The number of fused-ring (bicyclic) bond motifs is 4. The van der Waals surface area contributed by atoms with E-state index in [4.69, 9.17) is 0 Å². The number of H-pyrrole nitrogens is 1. The van der Waals surface area contributed by atoms with Crippen molar-refractivity contribution in [1.82, 2.24) is 24.3 Å². The van der Waals surface area contributed by atoms with Crippen LogP contribution >= 0.6 is 15.9 Å². The largest absolute Gasteiger partial charge is 0.356 e. The van der Waals surface area contributed by atoms with Crippen molar-refractivity contribution < 1.29 is 9.59 Å². The van der Waals surface area contributed by atoms with Crippen molar-refractivity contribution in [2.75, 3.05) is 6.54 Å². The summed E-state index contributed by atoms with van der Waals surface area (Å²) in [6, 6.07) is 15.4. The molecule has 1 saturated heterocycles. The lowest BCUT2D eigenvalue weighted by Crippen LogP contribution is -2.53. The maximum Gasteiger partial charge on any atom is 0.328 e. The molecule has 0 aliphatic carbocycles. The summed E-state index contributed by atoms with van der Waals surface area (Å²) in [5.74, 6) is -0.149. The Balaban J connectivity index is 1.49. The number of nitrogens with one attached hydrogen (secondary N) is 1. The normalized spacial score (nSPS) is 22.2. The molecule has 8 heteroatoms. The lowest BCUT2D eigenvalue weighted by atomic mass is 9.81. The number of amides is 3. The van der Waals surface area contributed by atoms with E-state index in [9.17, 15) is 9.59 Å². The van der Waals surface area contributed by atoms with Gasteiger partial charge in [0.05, 0.1) is 6.33 Å². The molecule has 2 aliphatic heterocycles. The molecule has 2 aliphatic rings. The second-order valence-corrected chi connectivity index (χ2v) is 9.80. The van der Waals surface area contributed by atoms with Crippen LogP contribution in [0.25, 0.3) is 10.9 Å². The molecule has 4 aromatic rings. The van der Waals surface area contributed by atoms with E-state index in [0.717, 1.165) is 32.2 Å². The number of nitrogens with zero attached hydrogens (tertiary/aromatic N) is 4. The third-order valence-corrected chi connectivity index (χ3v) is 7.38. The zero-order valence-electron chi connectivity index (χ0n) is 18.0. The molecule has 2 atom stereocenters. The van der Waals surface area contributed by atoms with E-state index < -0.39 is 5.54 Å². The summed E-state index contributed by atoms with van der Waals surface area (Å²) >= 11 is 3.58. The SMILES string of the molecule is CC12Cc3c([nH]c4ccc(Br)cc34)C(c3ccccc3)N1C(=O)N(CCn1ccnc1)C2=O. The molecule has 166 valence electrons. The number of hydrogen-bond acceptors (Lipinski definition) is 3. The van der Waals surface area contributed by atoms with Crippen molar-refractivity contribution in [3.8, 4) is 0 Å². The topological polar surface area (TPSA) is 74.2 Å². The number of carbonyl (C=O) groups excluding carboxylic acids is 2. The number of urea groups is 1. The van der Waals surface area contributed by atoms with Crippen molar-refractivity contribution in [3.63, 3.8) is 0 Å². The summed E-state index contributed by atoms with van der Waals surface area (Å²) in [7, 11) is 0. The first-order valence-electron chi connectivity index (χ1n) is 10.9. The molecule has 7 nitrogen and oxygen atoms in total. The number of carbonyl (C=O) groups is 2. The predicted octanol–water partition coefficient (Wildman–Crippen LogP) is 4.50. The predicted molar refractivity (Wildman–Crippen MR) is 128 cm³/mol. The fraction of sp³-hybridized carbons (Fsp3) is 0.240. The van der Waals surface area contributed by atoms with Crippen LogP contribution in [-0.2, 0) is 17.8 Å². The standard InChI is InChI=1S/C25H22BrN5O2/c1-25-14-19-18-13-17(26)7-8-20(18)28-21(19)22(16-5-3-2-4-6-16)31(25)24(33)30(23(25)32)12-11-29-10-9-27-15-29/h2-10,13,15,22,28H,11-12,14H2,1H3. The van der Waals surface area contributed by atoms with Crippen LogP contribution < -0.4 is 0 Å². The Morgan fingerprint density at radius 3 is 2.73 bits per heavy atom. The van der Waals surface area contributed by atoms with Crippen LogP contribution in [0.15, 0.2) is 71.7 Å². The Bertz CT molecular complexity index is 1380. The summed E-state index contributed by atoms with van der Waals surface area (Å²) in [5.41, 5.74) is 3.09. The third-order valence-electron chi connectivity index (χ3n) is 6.88. The van der Waals surface area contributed by atoms with Gasteiger partial charge in [-0.25, -0.2) is 9.78 Å². The van der Waals surface area contributed by atoms with E-state index in [1.54, 1.807) is 17.4 Å². The molecule has 0 spiro atoms. The maximum absolute atomic E-state index is 13.8.